The van der Waals surface area contributed by atoms with Crippen molar-refractivity contribution >= 4 is 35.4 Å². The average Bonchev–Trinajstić information content (AvgIpc) is 3.18. The summed E-state index contributed by atoms with van der Waals surface area (Å²) in [5, 5.41) is 12.0. The number of fused-ring (bicyclic) bond motifs is 1. The number of rotatable bonds is 6. The molecule has 1 aliphatic rings. The van der Waals surface area contributed by atoms with Crippen LogP contribution in [0.1, 0.15) is 32.6 Å². The Hall–Kier alpha value is -2.61. The lowest BCUT2D eigenvalue weighted by molar-refractivity contribution is -0.126. The summed E-state index contributed by atoms with van der Waals surface area (Å²) in [7, 11) is 0. The van der Waals surface area contributed by atoms with Gasteiger partial charge in [0, 0.05) is 41.4 Å². The van der Waals surface area contributed by atoms with Crippen molar-refractivity contribution in [2.45, 2.75) is 44.7 Å². The first-order valence-electron chi connectivity index (χ1n) is 10.1. The van der Waals surface area contributed by atoms with Gasteiger partial charge in [-0.2, -0.15) is 22.7 Å². The molecule has 4 rings (SSSR count). The van der Waals surface area contributed by atoms with E-state index in [2.05, 4.69) is 38.3 Å². The van der Waals surface area contributed by atoms with Gasteiger partial charge in [-0.15, -0.1) is 0 Å². The predicted molar refractivity (Wildman–Crippen MR) is 117 cm³/mol. The van der Waals surface area contributed by atoms with Crippen LogP contribution in [0.15, 0.2) is 42.7 Å². The summed E-state index contributed by atoms with van der Waals surface area (Å²) >= 11 is 4.23. The molecule has 1 fully saturated rings. The van der Waals surface area contributed by atoms with Crippen molar-refractivity contribution < 1.29 is 4.79 Å². The minimum atomic E-state index is 0.0816. The Balaban J connectivity index is 1.39. The second-order valence-electron chi connectivity index (χ2n) is 7.64. The number of hydrogen-bond donors (Lipinski definition) is 3. The molecule has 29 heavy (non-hydrogen) atoms. The van der Waals surface area contributed by atoms with Crippen LogP contribution in [-0.2, 0) is 4.79 Å². The summed E-state index contributed by atoms with van der Waals surface area (Å²) in [6, 6.07) is 10.3. The van der Waals surface area contributed by atoms with Crippen LogP contribution in [0.5, 0.6) is 0 Å². The molecule has 1 saturated carbocycles. The molecule has 2 aromatic heterocycles. The fourth-order valence-corrected chi connectivity index (χ4v) is 3.87. The minimum absolute atomic E-state index is 0.0816. The van der Waals surface area contributed by atoms with Crippen LogP contribution in [0, 0.1) is 5.92 Å². The topological polar surface area (TPSA) is 84.7 Å². The molecule has 1 amide bonds. The molecule has 0 radical (unpaired) electrons. The third-order valence-electron chi connectivity index (χ3n) is 5.43. The number of hydrogen-bond acceptors (Lipinski definition) is 6. The summed E-state index contributed by atoms with van der Waals surface area (Å²) in [6.45, 7) is 1.98. The van der Waals surface area contributed by atoms with Crippen LogP contribution in [0.25, 0.3) is 16.7 Å². The van der Waals surface area contributed by atoms with Gasteiger partial charge in [-0.3, -0.25) is 4.79 Å². The quantitative estimate of drug-likeness (QED) is 0.544. The normalized spacial score (nSPS) is 20.3. The molecule has 152 valence electrons. The molecular formula is C21H26N6OS. The molecule has 0 spiro atoms. The van der Waals surface area contributed by atoms with E-state index >= 15 is 0 Å². The third-order valence-corrected chi connectivity index (χ3v) is 5.98. The van der Waals surface area contributed by atoms with Crippen molar-refractivity contribution in [3.05, 3.63) is 42.7 Å². The largest absolute Gasteiger partial charge is 0.353 e. The summed E-state index contributed by atoms with van der Waals surface area (Å²) in [4.78, 5) is 21.3. The predicted octanol–water partition coefficient (Wildman–Crippen LogP) is 3.22. The van der Waals surface area contributed by atoms with Crippen molar-refractivity contribution in [3.8, 4) is 5.82 Å². The Morgan fingerprint density at radius 2 is 2.03 bits per heavy atom. The maximum absolute atomic E-state index is 12.3. The number of anilines is 1. The van der Waals surface area contributed by atoms with Gasteiger partial charge in [-0.1, -0.05) is 18.2 Å². The number of nitrogens with zero attached hydrogens (tertiary/aromatic N) is 4. The molecule has 8 heteroatoms. The molecule has 1 atom stereocenters. The third kappa shape index (κ3) is 4.53. The Morgan fingerprint density at radius 1 is 1.24 bits per heavy atom. The standard InChI is InChI=1S/C21H26N6OS/c1-14(13-29)24-20(28)15-6-8-17(9-7-15)25-21-22-11-10-19(26-21)27-18-5-3-2-4-16(18)12-23-27/h2-5,10-12,14-15,17,29H,6-9,13H2,1H3,(H,24,28)(H,22,25,26)/t14-,15?,17?/m0/s1. The molecule has 3 aromatic rings. The highest BCUT2D eigenvalue weighted by atomic mass is 32.1. The number of thiol groups is 1. The molecule has 2 heterocycles. The first-order valence-corrected chi connectivity index (χ1v) is 10.7. The molecule has 0 unspecified atom stereocenters. The van der Waals surface area contributed by atoms with Gasteiger partial charge in [0.2, 0.25) is 11.9 Å². The van der Waals surface area contributed by atoms with Gasteiger partial charge < -0.3 is 10.6 Å². The monoisotopic (exact) mass is 410 g/mol. The van der Waals surface area contributed by atoms with E-state index in [4.69, 9.17) is 0 Å². The molecule has 7 nitrogen and oxygen atoms in total. The molecule has 2 N–H and O–H groups in total. The van der Waals surface area contributed by atoms with E-state index in [1.54, 1.807) is 6.20 Å². The first-order chi connectivity index (χ1) is 14.1. The minimum Gasteiger partial charge on any atom is -0.353 e. The second kappa shape index (κ2) is 8.82. The summed E-state index contributed by atoms with van der Waals surface area (Å²) in [6.07, 6.45) is 7.17. The van der Waals surface area contributed by atoms with Gasteiger partial charge in [-0.25, -0.2) is 9.67 Å². The number of carbonyl (C=O) groups excluding carboxylic acids is 1. The Morgan fingerprint density at radius 3 is 2.83 bits per heavy atom. The van der Waals surface area contributed by atoms with Gasteiger partial charge in [0.15, 0.2) is 5.82 Å². The highest BCUT2D eigenvalue weighted by Gasteiger charge is 2.27. The average molecular weight is 411 g/mol. The van der Waals surface area contributed by atoms with Crippen molar-refractivity contribution in [3.63, 3.8) is 0 Å². The first kappa shape index (κ1) is 19.7. The molecule has 1 aliphatic carbocycles. The van der Waals surface area contributed by atoms with Crippen LogP contribution in [-0.4, -0.2) is 43.5 Å². The van der Waals surface area contributed by atoms with Crippen molar-refractivity contribution in [2.24, 2.45) is 5.92 Å². The van der Waals surface area contributed by atoms with Gasteiger partial charge >= 0.3 is 0 Å². The van der Waals surface area contributed by atoms with Crippen LogP contribution >= 0.6 is 12.6 Å². The lowest BCUT2D eigenvalue weighted by atomic mass is 9.85. The van der Waals surface area contributed by atoms with Gasteiger partial charge in [-0.05, 0) is 38.7 Å². The van der Waals surface area contributed by atoms with Crippen LogP contribution in [0.4, 0.5) is 5.95 Å². The number of benzene rings is 1. The maximum atomic E-state index is 12.3. The molecule has 0 saturated heterocycles. The zero-order chi connectivity index (χ0) is 20.2. The number of amides is 1. The van der Waals surface area contributed by atoms with Crippen molar-refractivity contribution in [1.82, 2.24) is 25.1 Å². The van der Waals surface area contributed by atoms with Gasteiger partial charge in [0.1, 0.15) is 0 Å². The van der Waals surface area contributed by atoms with E-state index in [9.17, 15) is 4.79 Å². The molecule has 1 aromatic carbocycles. The Kier molecular flexibility index (Phi) is 5.99. The van der Waals surface area contributed by atoms with E-state index < -0.39 is 0 Å². The van der Waals surface area contributed by atoms with Crippen molar-refractivity contribution in [1.29, 1.82) is 0 Å². The lowest BCUT2D eigenvalue weighted by Gasteiger charge is -2.29. The fraction of sp³-hybridized carbons (Fsp3) is 0.429. The highest BCUT2D eigenvalue weighted by Crippen LogP contribution is 2.26. The highest BCUT2D eigenvalue weighted by molar-refractivity contribution is 7.80. The van der Waals surface area contributed by atoms with E-state index in [1.807, 2.05) is 48.1 Å². The Bertz CT molecular complexity index is 982. The number of carbonyl (C=O) groups is 1. The van der Waals surface area contributed by atoms with E-state index in [-0.39, 0.29) is 23.9 Å². The van der Waals surface area contributed by atoms with Crippen LogP contribution < -0.4 is 10.6 Å². The van der Waals surface area contributed by atoms with Gasteiger partial charge in [0.25, 0.3) is 0 Å². The zero-order valence-corrected chi connectivity index (χ0v) is 17.3. The maximum Gasteiger partial charge on any atom is 0.224 e. The lowest BCUT2D eigenvalue weighted by Crippen LogP contribution is -2.40. The molecular weight excluding hydrogens is 384 g/mol. The number of aromatic nitrogens is 4. The van der Waals surface area contributed by atoms with E-state index in [0.29, 0.717) is 11.7 Å². The molecule has 0 bridgehead atoms. The second-order valence-corrected chi connectivity index (χ2v) is 8.00. The number of para-hydroxylation sites is 1. The van der Waals surface area contributed by atoms with E-state index in [0.717, 1.165) is 42.4 Å². The molecule has 0 aliphatic heterocycles. The smallest absolute Gasteiger partial charge is 0.224 e. The van der Waals surface area contributed by atoms with Crippen LogP contribution in [0.2, 0.25) is 0 Å². The summed E-state index contributed by atoms with van der Waals surface area (Å²) in [5.41, 5.74) is 1.01. The van der Waals surface area contributed by atoms with Crippen molar-refractivity contribution in [2.75, 3.05) is 11.1 Å². The SMILES string of the molecule is C[C@@H](CS)NC(=O)C1CCC(Nc2nccc(-n3ncc4ccccc43)n2)CC1. The van der Waals surface area contributed by atoms with E-state index in [1.165, 1.54) is 0 Å². The zero-order valence-electron chi connectivity index (χ0n) is 16.5. The van der Waals surface area contributed by atoms with Gasteiger partial charge in [0.05, 0.1) is 11.7 Å². The number of nitrogens with one attached hydrogen (secondary N) is 2. The summed E-state index contributed by atoms with van der Waals surface area (Å²) in [5.74, 6) is 2.21. The summed E-state index contributed by atoms with van der Waals surface area (Å²) < 4.78 is 1.83. The fourth-order valence-electron chi connectivity index (χ4n) is 3.78. The van der Waals surface area contributed by atoms with Crippen LogP contribution in [0.3, 0.4) is 0 Å². The Labute approximate surface area is 175 Å².